The number of carboxylic acid groups (broad SMARTS) is 1. The van der Waals surface area contributed by atoms with E-state index in [9.17, 15) is 19.7 Å². The number of nitrogens with one attached hydrogen (secondary N) is 2. The Balaban J connectivity index is 2.75. The van der Waals surface area contributed by atoms with Crippen LogP contribution in [0.4, 0.5) is 11.4 Å². The second kappa shape index (κ2) is 8.11. The van der Waals surface area contributed by atoms with Crippen molar-refractivity contribution in [2.45, 2.75) is 12.5 Å². The molecule has 1 aromatic rings. The van der Waals surface area contributed by atoms with Gasteiger partial charge in [0.1, 0.15) is 11.1 Å². The second-order valence-corrected chi connectivity index (χ2v) is 4.67. The summed E-state index contributed by atoms with van der Waals surface area (Å²) >= 11 is 5.66. The zero-order chi connectivity index (χ0) is 16.7. The predicted molar refractivity (Wildman–Crippen MR) is 81.0 cm³/mol. The van der Waals surface area contributed by atoms with Gasteiger partial charge >= 0.3 is 5.97 Å². The van der Waals surface area contributed by atoms with Gasteiger partial charge in [-0.3, -0.25) is 19.7 Å². The number of nitro benzene ring substituents is 1. The molecule has 0 aromatic heterocycles. The summed E-state index contributed by atoms with van der Waals surface area (Å²) in [5.41, 5.74) is -0.187. The standard InChI is InChI=1S/C13H14ClN3O5/c1-2-5-15-10(13(19)20)7-12(18)16-8-3-4-9(14)11(6-8)17(21)22/h2-4,6,10,15H,1,5,7H2,(H,16,18)(H,19,20). The van der Waals surface area contributed by atoms with E-state index < -0.39 is 22.8 Å². The summed E-state index contributed by atoms with van der Waals surface area (Å²) in [5.74, 6) is -1.78. The minimum absolute atomic E-state index is 0.0564. The van der Waals surface area contributed by atoms with E-state index in [4.69, 9.17) is 16.7 Å². The highest BCUT2D eigenvalue weighted by Gasteiger charge is 2.21. The smallest absolute Gasteiger partial charge is 0.321 e. The largest absolute Gasteiger partial charge is 0.480 e. The first-order valence-corrected chi connectivity index (χ1v) is 6.53. The maximum absolute atomic E-state index is 11.8. The highest BCUT2D eigenvalue weighted by molar-refractivity contribution is 6.32. The number of carbonyl (C=O) groups excluding carboxylic acids is 1. The van der Waals surface area contributed by atoms with E-state index in [1.807, 2.05) is 0 Å². The lowest BCUT2D eigenvalue weighted by Gasteiger charge is -2.13. The highest BCUT2D eigenvalue weighted by Crippen LogP contribution is 2.27. The Kier molecular flexibility index (Phi) is 6.48. The molecule has 0 aliphatic rings. The number of hydrogen-bond donors (Lipinski definition) is 3. The van der Waals surface area contributed by atoms with Crippen molar-refractivity contribution in [2.24, 2.45) is 0 Å². The van der Waals surface area contributed by atoms with Crippen LogP contribution >= 0.6 is 11.6 Å². The number of anilines is 1. The van der Waals surface area contributed by atoms with Gasteiger partial charge in [-0.2, -0.15) is 0 Å². The molecule has 3 N–H and O–H groups in total. The van der Waals surface area contributed by atoms with E-state index in [2.05, 4.69) is 17.2 Å². The molecule has 0 heterocycles. The summed E-state index contributed by atoms with van der Waals surface area (Å²) in [7, 11) is 0. The molecule has 0 radical (unpaired) electrons. The summed E-state index contributed by atoms with van der Waals surface area (Å²) in [6.07, 6.45) is 1.13. The van der Waals surface area contributed by atoms with Gasteiger partial charge in [0.2, 0.25) is 5.91 Å². The molecule has 0 aliphatic carbocycles. The van der Waals surface area contributed by atoms with E-state index in [1.54, 1.807) is 0 Å². The van der Waals surface area contributed by atoms with Crippen molar-refractivity contribution in [3.05, 3.63) is 46.0 Å². The van der Waals surface area contributed by atoms with Crippen LogP contribution in [0.15, 0.2) is 30.9 Å². The van der Waals surface area contributed by atoms with Gasteiger partial charge < -0.3 is 15.7 Å². The summed E-state index contributed by atoms with van der Waals surface area (Å²) in [5, 5.41) is 24.7. The minimum atomic E-state index is -1.18. The van der Waals surface area contributed by atoms with E-state index in [0.29, 0.717) is 0 Å². The Morgan fingerprint density at radius 1 is 1.50 bits per heavy atom. The summed E-state index contributed by atoms with van der Waals surface area (Å²) in [4.78, 5) is 32.9. The number of carbonyl (C=O) groups is 2. The first-order chi connectivity index (χ1) is 10.3. The molecule has 0 saturated heterocycles. The number of aliphatic carboxylic acids is 1. The number of nitro groups is 1. The highest BCUT2D eigenvalue weighted by atomic mass is 35.5. The lowest BCUT2D eigenvalue weighted by molar-refractivity contribution is -0.384. The molecule has 0 aliphatic heterocycles. The van der Waals surface area contributed by atoms with E-state index in [1.165, 1.54) is 18.2 Å². The van der Waals surface area contributed by atoms with E-state index in [0.717, 1.165) is 6.07 Å². The van der Waals surface area contributed by atoms with Crippen LogP contribution in [0.2, 0.25) is 5.02 Å². The first-order valence-electron chi connectivity index (χ1n) is 6.16. The van der Waals surface area contributed by atoms with Crippen molar-refractivity contribution in [3.63, 3.8) is 0 Å². The summed E-state index contributed by atoms with van der Waals surface area (Å²) in [6.45, 7) is 3.67. The van der Waals surface area contributed by atoms with E-state index in [-0.39, 0.29) is 29.4 Å². The minimum Gasteiger partial charge on any atom is -0.480 e. The number of rotatable bonds is 8. The van der Waals surface area contributed by atoms with Crippen LogP contribution in [0, 0.1) is 10.1 Å². The molecular formula is C13H14ClN3O5. The van der Waals surface area contributed by atoms with Gasteiger partial charge in [-0.05, 0) is 12.1 Å². The molecule has 1 amide bonds. The number of carboxylic acids is 1. The average Bonchev–Trinajstić information content (AvgIpc) is 2.44. The number of nitrogens with zero attached hydrogens (tertiary/aromatic N) is 1. The first kappa shape index (κ1) is 17.6. The molecule has 0 saturated carbocycles. The average molecular weight is 328 g/mol. The van der Waals surface area contributed by atoms with Gasteiger partial charge in [0.05, 0.1) is 11.3 Å². The molecule has 1 atom stereocenters. The fraction of sp³-hybridized carbons (Fsp3) is 0.231. The third-order valence-electron chi connectivity index (χ3n) is 2.62. The van der Waals surface area contributed by atoms with Crippen molar-refractivity contribution in [1.82, 2.24) is 5.32 Å². The van der Waals surface area contributed by atoms with Crippen LogP contribution in [0.25, 0.3) is 0 Å². The fourth-order valence-electron chi connectivity index (χ4n) is 1.60. The molecule has 1 rings (SSSR count). The van der Waals surface area contributed by atoms with Crippen LogP contribution < -0.4 is 10.6 Å². The van der Waals surface area contributed by atoms with Crippen molar-refractivity contribution >= 4 is 34.9 Å². The zero-order valence-corrected chi connectivity index (χ0v) is 12.2. The summed E-state index contributed by atoms with van der Waals surface area (Å²) < 4.78 is 0. The zero-order valence-electron chi connectivity index (χ0n) is 11.4. The Labute approximate surface area is 130 Å². The van der Waals surface area contributed by atoms with Crippen molar-refractivity contribution < 1.29 is 19.6 Å². The van der Waals surface area contributed by atoms with Gasteiger partial charge in [-0.15, -0.1) is 6.58 Å². The van der Waals surface area contributed by atoms with Crippen LogP contribution in [-0.4, -0.2) is 34.5 Å². The van der Waals surface area contributed by atoms with Gasteiger partial charge in [0.15, 0.2) is 0 Å². The molecule has 0 spiro atoms. The predicted octanol–water partition coefficient (Wildman–Crippen LogP) is 1.81. The second-order valence-electron chi connectivity index (χ2n) is 4.26. The number of amides is 1. The fourth-order valence-corrected chi connectivity index (χ4v) is 1.79. The van der Waals surface area contributed by atoms with Crippen LogP contribution in [0.5, 0.6) is 0 Å². The van der Waals surface area contributed by atoms with Gasteiger partial charge in [0.25, 0.3) is 5.69 Å². The van der Waals surface area contributed by atoms with Gasteiger partial charge in [-0.1, -0.05) is 17.7 Å². The lowest BCUT2D eigenvalue weighted by atomic mass is 10.2. The molecule has 1 unspecified atom stereocenters. The molecule has 0 fully saturated rings. The Morgan fingerprint density at radius 3 is 2.73 bits per heavy atom. The monoisotopic (exact) mass is 327 g/mol. The van der Waals surface area contributed by atoms with Crippen LogP contribution in [0.1, 0.15) is 6.42 Å². The molecule has 9 heteroatoms. The van der Waals surface area contributed by atoms with Crippen LogP contribution in [-0.2, 0) is 9.59 Å². The van der Waals surface area contributed by atoms with Crippen molar-refractivity contribution in [1.29, 1.82) is 0 Å². The van der Waals surface area contributed by atoms with E-state index >= 15 is 0 Å². The third kappa shape index (κ3) is 5.15. The maximum Gasteiger partial charge on any atom is 0.321 e. The summed E-state index contributed by atoms with van der Waals surface area (Å²) in [6, 6.07) is 2.69. The number of hydrogen-bond acceptors (Lipinski definition) is 5. The Bertz CT molecular complexity index is 605. The normalized spacial score (nSPS) is 11.5. The van der Waals surface area contributed by atoms with Gasteiger partial charge in [-0.25, -0.2) is 0 Å². The van der Waals surface area contributed by atoms with Crippen molar-refractivity contribution in [3.8, 4) is 0 Å². The molecule has 118 valence electrons. The molecule has 22 heavy (non-hydrogen) atoms. The molecular weight excluding hydrogens is 314 g/mol. The molecule has 1 aromatic carbocycles. The SMILES string of the molecule is C=CCNC(CC(=O)Nc1ccc(Cl)c([N+](=O)[O-])c1)C(=O)O. The Morgan fingerprint density at radius 2 is 2.18 bits per heavy atom. The third-order valence-corrected chi connectivity index (χ3v) is 2.94. The topological polar surface area (TPSA) is 122 Å². The maximum atomic E-state index is 11.8. The molecule has 0 bridgehead atoms. The molecule has 8 nitrogen and oxygen atoms in total. The Hall–Kier alpha value is -2.45. The number of halogens is 1. The number of benzene rings is 1. The lowest BCUT2D eigenvalue weighted by Crippen LogP contribution is -2.39. The quantitative estimate of drug-likeness (QED) is 0.380. The van der Waals surface area contributed by atoms with Crippen LogP contribution in [0.3, 0.4) is 0 Å². The van der Waals surface area contributed by atoms with Crippen molar-refractivity contribution in [2.75, 3.05) is 11.9 Å². The van der Waals surface area contributed by atoms with Gasteiger partial charge in [0, 0.05) is 18.3 Å².